The van der Waals surface area contributed by atoms with Crippen LogP contribution < -0.4 is 15.6 Å². The van der Waals surface area contributed by atoms with Gasteiger partial charge in [-0.15, -0.1) is 0 Å². The number of fused-ring (bicyclic) bond motifs is 1. The molecule has 0 radical (unpaired) electrons. The van der Waals surface area contributed by atoms with Crippen molar-refractivity contribution in [2.45, 2.75) is 44.9 Å². The fourth-order valence-electron chi connectivity index (χ4n) is 5.37. The normalized spacial score (nSPS) is 16.7. The van der Waals surface area contributed by atoms with Crippen molar-refractivity contribution in [3.05, 3.63) is 100 Å². The molecule has 1 aliphatic rings. The van der Waals surface area contributed by atoms with E-state index in [1.165, 1.54) is 21.7 Å². The summed E-state index contributed by atoms with van der Waals surface area (Å²) in [5.41, 5.74) is 3.57. The first-order chi connectivity index (χ1) is 14.7. The molecular weight excluding hydrogens is 404 g/mol. The van der Waals surface area contributed by atoms with Crippen molar-refractivity contribution >= 4 is 49.8 Å². The maximum atomic E-state index is 4.06. The number of hydrogen-bond donors (Lipinski definition) is 1. The molecule has 4 heteroatoms. The third kappa shape index (κ3) is 4.70. The fraction of sp³-hybridized carbons (Fsp3) is 0.259. The van der Waals surface area contributed by atoms with Crippen LogP contribution in [0.4, 0.5) is 0 Å². The van der Waals surface area contributed by atoms with E-state index in [4.69, 9.17) is 0 Å². The number of nitrogens with one attached hydrogen (secondary N) is 1. The van der Waals surface area contributed by atoms with Gasteiger partial charge in [0.1, 0.15) is 0 Å². The molecule has 3 aromatic carbocycles. The van der Waals surface area contributed by atoms with Gasteiger partial charge in [-0.05, 0) is 0 Å². The quantitative estimate of drug-likeness (QED) is 0.389. The monoisotopic (exact) mass is 435 g/mol. The zero-order valence-corrected chi connectivity index (χ0v) is 21.5. The van der Waals surface area contributed by atoms with Gasteiger partial charge >= 0.3 is 200 Å². The summed E-state index contributed by atoms with van der Waals surface area (Å²) in [6.45, 7) is 11.9. The van der Waals surface area contributed by atoms with Gasteiger partial charge < -0.3 is 0 Å². The van der Waals surface area contributed by atoms with Gasteiger partial charge in [0.15, 0.2) is 0 Å². The summed E-state index contributed by atoms with van der Waals surface area (Å²) in [4.78, 5) is 4.06. The van der Waals surface area contributed by atoms with Crippen molar-refractivity contribution in [1.82, 2.24) is 4.98 Å². The van der Waals surface area contributed by atoms with Gasteiger partial charge in [-0.25, -0.2) is 0 Å². The zero-order valence-electron chi connectivity index (χ0n) is 19.6. The average molecular weight is 436 g/mol. The van der Waals surface area contributed by atoms with E-state index in [-0.39, 0.29) is 5.54 Å². The molecule has 0 saturated carbocycles. The SMILES string of the molecule is [Li][C]1=C(P(c2ccccc2)c2ccccc2)c2ccccc2C1[Si](C)(C)NC(C)(C)C. The van der Waals surface area contributed by atoms with Crippen LogP contribution in [0.25, 0.3) is 5.31 Å². The molecule has 0 bridgehead atoms. The maximum absolute atomic E-state index is 4.06. The van der Waals surface area contributed by atoms with E-state index in [2.05, 4.69) is 141 Å². The first-order valence-electron chi connectivity index (χ1n) is 11.2. The molecule has 154 valence electrons. The second kappa shape index (κ2) is 8.86. The molecule has 1 unspecified atom stereocenters. The summed E-state index contributed by atoms with van der Waals surface area (Å²) in [6.07, 6.45) is 0. The van der Waals surface area contributed by atoms with Gasteiger partial charge in [0.25, 0.3) is 0 Å². The molecule has 0 fully saturated rings. The molecule has 31 heavy (non-hydrogen) atoms. The van der Waals surface area contributed by atoms with E-state index in [9.17, 15) is 0 Å². The van der Waals surface area contributed by atoms with Crippen molar-refractivity contribution in [2.75, 3.05) is 0 Å². The van der Waals surface area contributed by atoms with Crippen LogP contribution in [-0.2, 0) is 0 Å². The van der Waals surface area contributed by atoms with E-state index in [1.54, 1.807) is 9.56 Å². The number of allylic oxidation sites excluding steroid dienone is 1. The van der Waals surface area contributed by atoms with E-state index in [0.717, 1.165) is 0 Å². The Bertz CT molecular complexity index is 1050. The summed E-state index contributed by atoms with van der Waals surface area (Å²) in [6, 6.07) is 31.4. The van der Waals surface area contributed by atoms with Gasteiger partial charge in [-0.3, -0.25) is 0 Å². The third-order valence-corrected chi connectivity index (χ3v) is 12.3. The standard InChI is InChI=1S/C27H31NPSi.Li/c1-27(2,3)28-30(4,5)26-20-25(23-18-12-13-19-24(23)26)29(21-14-8-6-9-15-21)22-16-10-7-11-17-22;/h6-19,26,28H,1-5H3;. The van der Waals surface area contributed by atoms with Crippen LogP contribution in [0.5, 0.6) is 0 Å². The summed E-state index contributed by atoms with van der Waals surface area (Å²) in [7, 11) is -2.42. The minimum atomic E-state index is -1.81. The van der Waals surface area contributed by atoms with Crippen molar-refractivity contribution in [3.8, 4) is 0 Å². The first-order valence-corrected chi connectivity index (χ1v) is 15.6. The van der Waals surface area contributed by atoms with Gasteiger partial charge in [0.2, 0.25) is 0 Å². The number of hydrogen-bond acceptors (Lipinski definition) is 1. The molecule has 0 amide bonds. The van der Waals surface area contributed by atoms with Crippen LogP contribution in [-0.4, -0.2) is 31.5 Å². The van der Waals surface area contributed by atoms with Crippen LogP contribution in [0.3, 0.4) is 0 Å². The van der Waals surface area contributed by atoms with Crippen molar-refractivity contribution in [3.63, 3.8) is 0 Å². The van der Waals surface area contributed by atoms with E-state index < -0.39 is 16.2 Å². The van der Waals surface area contributed by atoms with Crippen molar-refractivity contribution < 1.29 is 0 Å². The molecule has 0 saturated heterocycles. The van der Waals surface area contributed by atoms with Crippen LogP contribution in [0.2, 0.25) is 13.1 Å². The van der Waals surface area contributed by atoms with Crippen molar-refractivity contribution in [1.29, 1.82) is 0 Å². The Morgan fingerprint density at radius 3 is 1.77 bits per heavy atom. The Morgan fingerprint density at radius 2 is 1.26 bits per heavy atom. The predicted molar refractivity (Wildman–Crippen MR) is 141 cm³/mol. The van der Waals surface area contributed by atoms with Crippen molar-refractivity contribution in [2.24, 2.45) is 0 Å². The fourth-order valence-corrected chi connectivity index (χ4v) is 12.5. The predicted octanol–water partition coefficient (Wildman–Crippen LogP) is 5.89. The van der Waals surface area contributed by atoms with Crippen LogP contribution in [0.1, 0.15) is 37.4 Å². The average Bonchev–Trinajstić information content (AvgIpc) is 3.01. The molecule has 1 nitrogen and oxygen atoms in total. The molecular formula is C27H31LiNPSi. The Morgan fingerprint density at radius 1 is 0.774 bits per heavy atom. The van der Waals surface area contributed by atoms with Gasteiger partial charge in [-0.1, -0.05) is 0 Å². The number of rotatable bonds is 5. The second-order valence-corrected chi connectivity index (χ2v) is 16.6. The summed E-state index contributed by atoms with van der Waals surface area (Å²) in [5, 5.41) is 4.41. The summed E-state index contributed by atoms with van der Waals surface area (Å²) >= 11 is 2.40. The molecule has 0 aliphatic heterocycles. The van der Waals surface area contributed by atoms with Gasteiger partial charge in [0.05, 0.1) is 0 Å². The molecule has 1 atom stereocenters. The number of benzene rings is 3. The third-order valence-electron chi connectivity index (χ3n) is 6.00. The Balaban J connectivity index is 1.94. The van der Waals surface area contributed by atoms with Crippen LogP contribution in [0, 0.1) is 0 Å². The Labute approximate surface area is 199 Å². The second-order valence-electron chi connectivity index (χ2n) is 10.2. The first kappa shape index (κ1) is 22.8. The summed E-state index contributed by atoms with van der Waals surface area (Å²) in [5.74, 6) is 0. The molecule has 0 heterocycles. The Hall–Kier alpha value is -1.40. The molecule has 3 aromatic rings. The summed E-state index contributed by atoms with van der Waals surface area (Å²) < 4.78 is 1.56. The molecule has 1 N–H and O–H groups in total. The van der Waals surface area contributed by atoms with Crippen LogP contribution >= 0.6 is 7.92 Å². The topological polar surface area (TPSA) is 12.0 Å². The van der Waals surface area contributed by atoms with Gasteiger partial charge in [0, 0.05) is 0 Å². The minimum absolute atomic E-state index is 0.108. The molecule has 0 spiro atoms. The molecule has 0 aromatic heterocycles. The molecule has 1 aliphatic carbocycles. The van der Waals surface area contributed by atoms with Crippen LogP contribution in [0.15, 0.2) is 89.2 Å². The van der Waals surface area contributed by atoms with E-state index >= 15 is 0 Å². The molecule has 4 rings (SSSR count). The zero-order chi connectivity index (χ0) is 22.2. The Kier molecular flexibility index (Phi) is 6.51. The van der Waals surface area contributed by atoms with Gasteiger partial charge in [-0.2, -0.15) is 0 Å². The van der Waals surface area contributed by atoms with E-state index in [0.29, 0.717) is 5.54 Å². The van der Waals surface area contributed by atoms with E-state index in [1.807, 2.05) is 0 Å².